The molecule has 0 fully saturated rings. The first-order valence-corrected chi connectivity index (χ1v) is 10.4. The Morgan fingerprint density at radius 1 is 1.00 bits per heavy atom. The van der Waals surface area contributed by atoms with Crippen molar-refractivity contribution in [3.05, 3.63) is 77.8 Å². The largest absolute Gasteiger partial charge is 0.454 e. The van der Waals surface area contributed by atoms with Crippen LogP contribution in [0.2, 0.25) is 0 Å². The molecule has 4 aromatic rings. The molecule has 0 amide bonds. The maximum atomic E-state index is 5.56. The van der Waals surface area contributed by atoms with Gasteiger partial charge >= 0.3 is 0 Å². The molecule has 158 valence electrons. The fraction of sp³-hybridized carbons (Fsp3) is 0.250. The fourth-order valence-corrected chi connectivity index (χ4v) is 3.54. The molecule has 1 aliphatic rings. The Morgan fingerprint density at radius 3 is 2.65 bits per heavy atom. The van der Waals surface area contributed by atoms with Crippen LogP contribution in [0.5, 0.6) is 11.5 Å². The lowest BCUT2D eigenvalue weighted by molar-refractivity contribution is 0.174. The number of para-hydroxylation sites is 1. The number of nitrogens with zero attached hydrogens (tertiary/aromatic N) is 3. The third kappa shape index (κ3) is 4.04. The zero-order valence-corrected chi connectivity index (χ0v) is 17.5. The molecule has 2 aromatic carbocycles. The van der Waals surface area contributed by atoms with Gasteiger partial charge < -0.3 is 19.3 Å². The van der Waals surface area contributed by atoms with E-state index in [1.807, 2.05) is 59.3 Å². The van der Waals surface area contributed by atoms with Crippen molar-refractivity contribution < 1.29 is 14.0 Å². The maximum Gasteiger partial charge on any atom is 0.231 e. The summed E-state index contributed by atoms with van der Waals surface area (Å²) < 4.78 is 18.4. The zero-order chi connectivity index (χ0) is 21.2. The van der Waals surface area contributed by atoms with Crippen LogP contribution in [0.3, 0.4) is 0 Å². The quantitative estimate of drug-likeness (QED) is 0.472. The van der Waals surface area contributed by atoms with Crippen LogP contribution in [-0.2, 0) is 13.1 Å². The summed E-state index contributed by atoms with van der Waals surface area (Å²) in [6, 6.07) is 18.0. The van der Waals surface area contributed by atoms with Crippen molar-refractivity contribution in [2.24, 2.45) is 0 Å². The Bertz CT molecular complexity index is 1180. The van der Waals surface area contributed by atoms with Gasteiger partial charge in [0.25, 0.3) is 0 Å². The summed E-state index contributed by atoms with van der Waals surface area (Å²) in [5.74, 6) is 2.67. The highest BCUT2D eigenvalue weighted by Gasteiger charge is 2.18. The molecule has 0 saturated carbocycles. The molecular weight excluding hydrogens is 392 g/mol. The van der Waals surface area contributed by atoms with E-state index in [1.54, 1.807) is 0 Å². The van der Waals surface area contributed by atoms with Crippen molar-refractivity contribution in [3.63, 3.8) is 0 Å². The second-order valence-corrected chi connectivity index (χ2v) is 7.83. The molecule has 0 unspecified atom stereocenters. The smallest absolute Gasteiger partial charge is 0.231 e. The van der Waals surface area contributed by atoms with Crippen LogP contribution in [0.25, 0.3) is 16.9 Å². The van der Waals surface area contributed by atoms with Crippen LogP contribution < -0.4 is 14.8 Å². The zero-order valence-electron chi connectivity index (χ0n) is 17.5. The molecule has 5 rings (SSSR count). The number of aromatic nitrogens is 3. The highest BCUT2D eigenvalue weighted by atomic mass is 16.7. The second-order valence-electron chi connectivity index (χ2n) is 7.83. The molecule has 0 saturated heterocycles. The van der Waals surface area contributed by atoms with E-state index in [9.17, 15) is 0 Å². The van der Waals surface area contributed by atoms with E-state index >= 15 is 0 Å². The molecule has 2 aromatic heterocycles. The van der Waals surface area contributed by atoms with Gasteiger partial charge in [-0.05, 0) is 36.2 Å². The predicted octanol–water partition coefficient (Wildman–Crippen LogP) is 4.67. The standard InChI is InChI=1S/C24H24N4O3/c1-16(2)21-11-20(31-27-21)13-25-12-18-14-28(19-6-4-3-5-7-19)26-24(18)17-8-9-22-23(10-17)30-15-29-22/h3-11,14,16,25H,12-13,15H2,1-2H3. The minimum absolute atomic E-state index is 0.251. The van der Waals surface area contributed by atoms with Crippen LogP contribution >= 0.6 is 0 Å². The first-order chi connectivity index (χ1) is 15.2. The fourth-order valence-electron chi connectivity index (χ4n) is 3.54. The number of benzene rings is 2. The Labute approximate surface area is 180 Å². The normalized spacial score (nSPS) is 12.6. The van der Waals surface area contributed by atoms with Crippen molar-refractivity contribution in [1.29, 1.82) is 0 Å². The Morgan fingerprint density at radius 2 is 1.84 bits per heavy atom. The number of hydrogen-bond acceptors (Lipinski definition) is 6. The lowest BCUT2D eigenvalue weighted by Crippen LogP contribution is -2.12. The van der Waals surface area contributed by atoms with E-state index in [0.29, 0.717) is 19.0 Å². The summed E-state index contributed by atoms with van der Waals surface area (Å²) in [4.78, 5) is 0. The van der Waals surface area contributed by atoms with E-state index in [-0.39, 0.29) is 6.79 Å². The van der Waals surface area contributed by atoms with Gasteiger partial charge in [0.15, 0.2) is 17.3 Å². The number of nitrogens with one attached hydrogen (secondary N) is 1. The van der Waals surface area contributed by atoms with Gasteiger partial charge in [0.1, 0.15) is 0 Å². The SMILES string of the molecule is CC(C)c1cc(CNCc2cn(-c3ccccc3)nc2-c2ccc3c(c2)OCO3)on1. The number of ether oxygens (including phenoxy) is 2. The van der Waals surface area contributed by atoms with Crippen molar-refractivity contribution >= 4 is 0 Å². The lowest BCUT2D eigenvalue weighted by atomic mass is 10.1. The maximum absolute atomic E-state index is 5.56. The van der Waals surface area contributed by atoms with Crippen molar-refractivity contribution in [3.8, 4) is 28.4 Å². The molecule has 1 N–H and O–H groups in total. The van der Waals surface area contributed by atoms with Crippen LogP contribution in [0.15, 0.2) is 65.3 Å². The van der Waals surface area contributed by atoms with Crippen molar-refractivity contribution in [2.45, 2.75) is 32.9 Å². The number of hydrogen-bond donors (Lipinski definition) is 1. The topological polar surface area (TPSA) is 74.3 Å². The molecule has 0 atom stereocenters. The van der Waals surface area contributed by atoms with Gasteiger partial charge in [-0.25, -0.2) is 4.68 Å². The Kier molecular flexibility index (Phi) is 5.18. The molecule has 7 nitrogen and oxygen atoms in total. The summed E-state index contributed by atoms with van der Waals surface area (Å²) in [5, 5.41) is 12.5. The molecule has 31 heavy (non-hydrogen) atoms. The molecule has 0 bridgehead atoms. The molecule has 3 heterocycles. The van der Waals surface area contributed by atoms with E-state index < -0.39 is 0 Å². The molecule has 1 aliphatic heterocycles. The molecule has 0 radical (unpaired) electrons. The monoisotopic (exact) mass is 416 g/mol. The van der Waals surface area contributed by atoms with E-state index in [1.165, 1.54) is 0 Å². The summed E-state index contributed by atoms with van der Waals surface area (Å²) in [6.45, 7) is 5.68. The molecule has 0 spiro atoms. The Hall–Kier alpha value is -3.58. The minimum Gasteiger partial charge on any atom is -0.454 e. The van der Waals surface area contributed by atoms with Gasteiger partial charge in [-0.1, -0.05) is 37.2 Å². The second kappa shape index (κ2) is 8.28. The average molecular weight is 416 g/mol. The third-order valence-electron chi connectivity index (χ3n) is 5.24. The van der Waals surface area contributed by atoms with Crippen LogP contribution in [0.1, 0.15) is 36.8 Å². The highest BCUT2D eigenvalue weighted by Crippen LogP contribution is 2.36. The van der Waals surface area contributed by atoms with Crippen LogP contribution in [0, 0.1) is 0 Å². The molecule has 7 heteroatoms. The average Bonchev–Trinajstić information content (AvgIpc) is 3.53. The molecule has 0 aliphatic carbocycles. The van der Waals surface area contributed by atoms with Crippen LogP contribution in [0.4, 0.5) is 0 Å². The van der Waals surface area contributed by atoms with E-state index in [0.717, 1.165) is 45.5 Å². The van der Waals surface area contributed by atoms with Gasteiger partial charge in [0.05, 0.1) is 23.6 Å². The van der Waals surface area contributed by atoms with Gasteiger partial charge in [-0.15, -0.1) is 0 Å². The van der Waals surface area contributed by atoms with Crippen LogP contribution in [-0.4, -0.2) is 21.7 Å². The van der Waals surface area contributed by atoms with Crippen molar-refractivity contribution in [2.75, 3.05) is 6.79 Å². The summed E-state index contributed by atoms with van der Waals surface area (Å²) in [7, 11) is 0. The molecular formula is C24H24N4O3. The lowest BCUT2D eigenvalue weighted by Gasteiger charge is -2.05. The van der Waals surface area contributed by atoms with Gasteiger partial charge in [0, 0.05) is 29.9 Å². The first kappa shape index (κ1) is 19.4. The highest BCUT2D eigenvalue weighted by molar-refractivity contribution is 5.67. The number of rotatable bonds is 7. The van der Waals surface area contributed by atoms with Gasteiger partial charge in [0.2, 0.25) is 6.79 Å². The third-order valence-corrected chi connectivity index (χ3v) is 5.24. The summed E-state index contributed by atoms with van der Waals surface area (Å²) in [5.41, 5.74) is 4.93. The minimum atomic E-state index is 0.251. The van der Waals surface area contributed by atoms with E-state index in [4.69, 9.17) is 19.1 Å². The predicted molar refractivity (Wildman–Crippen MR) is 116 cm³/mol. The Balaban J connectivity index is 1.41. The van der Waals surface area contributed by atoms with E-state index in [2.05, 4.69) is 30.5 Å². The van der Waals surface area contributed by atoms with Crippen molar-refractivity contribution in [1.82, 2.24) is 20.3 Å². The van der Waals surface area contributed by atoms with Gasteiger partial charge in [-0.2, -0.15) is 5.10 Å². The summed E-state index contributed by atoms with van der Waals surface area (Å²) >= 11 is 0. The van der Waals surface area contributed by atoms with Gasteiger partial charge in [-0.3, -0.25) is 0 Å². The number of fused-ring (bicyclic) bond motifs is 1. The first-order valence-electron chi connectivity index (χ1n) is 10.4. The summed E-state index contributed by atoms with van der Waals surface area (Å²) in [6.07, 6.45) is 2.06.